The molecule has 0 aromatic heterocycles. The van der Waals surface area contributed by atoms with E-state index in [0.29, 0.717) is 34.1 Å². The lowest BCUT2D eigenvalue weighted by atomic mass is 9.93. The Morgan fingerprint density at radius 1 is 0.333 bits per heavy atom. The van der Waals surface area contributed by atoms with Crippen LogP contribution in [0.5, 0.6) is 46.0 Å². The number of carbonyl (C=O) groups is 4. The molecule has 0 saturated carbocycles. The zero-order valence-electron chi connectivity index (χ0n) is 27.7. The molecule has 0 amide bonds. The first-order valence-electron chi connectivity index (χ1n) is 14.2. The topological polar surface area (TPSA) is 142 Å². The van der Waals surface area contributed by atoms with E-state index in [-0.39, 0.29) is 45.3 Å². The Morgan fingerprint density at radius 3 is 0.875 bits per heavy atom. The maximum absolute atomic E-state index is 13.5. The fourth-order valence-electron chi connectivity index (χ4n) is 4.96. The van der Waals surface area contributed by atoms with Crippen molar-refractivity contribution < 1.29 is 57.1 Å². The molecule has 0 saturated heterocycles. The number of hydrogen-bond donors (Lipinski definition) is 0. The monoisotopic (exact) mass is 658 g/mol. The van der Waals surface area contributed by atoms with Gasteiger partial charge in [0, 0.05) is 34.4 Å². The van der Waals surface area contributed by atoms with Crippen LogP contribution in [0.4, 0.5) is 0 Å². The van der Waals surface area contributed by atoms with Crippen molar-refractivity contribution in [2.45, 2.75) is 0 Å². The Hall–Kier alpha value is -6.04. The highest BCUT2D eigenvalue weighted by Crippen LogP contribution is 2.44. The van der Waals surface area contributed by atoms with Crippen molar-refractivity contribution in [2.24, 2.45) is 0 Å². The van der Waals surface area contributed by atoms with Gasteiger partial charge in [-0.25, -0.2) is 0 Å². The molecule has 4 aromatic carbocycles. The predicted octanol–water partition coefficient (Wildman–Crippen LogP) is 5.55. The van der Waals surface area contributed by atoms with E-state index in [9.17, 15) is 19.2 Å². The molecule has 0 radical (unpaired) electrons. The van der Waals surface area contributed by atoms with Gasteiger partial charge in [0.15, 0.2) is 0 Å². The van der Waals surface area contributed by atoms with Gasteiger partial charge in [0.05, 0.1) is 68.0 Å². The summed E-state index contributed by atoms with van der Waals surface area (Å²) in [5.41, 5.74) is 0.715. The van der Waals surface area contributed by atoms with E-state index in [1.807, 2.05) is 0 Å². The van der Waals surface area contributed by atoms with Gasteiger partial charge in [-0.3, -0.25) is 19.2 Å². The normalized spacial score (nSPS) is 10.4. The van der Waals surface area contributed by atoms with Crippen LogP contribution in [0.25, 0.3) is 11.1 Å². The number of methoxy groups -OCH3 is 8. The zero-order valence-corrected chi connectivity index (χ0v) is 27.7. The van der Waals surface area contributed by atoms with E-state index < -0.39 is 23.1 Å². The van der Waals surface area contributed by atoms with Gasteiger partial charge < -0.3 is 37.9 Å². The quantitative estimate of drug-likeness (QED) is 0.117. The molecule has 0 heterocycles. The Morgan fingerprint density at radius 2 is 0.625 bits per heavy atom. The molecule has 48 heavy (non-hydrogen) atoms. The lowest BCUT2D eigenvalue weighted by Gasteiger charge is -2.18. The summed E-state index contributed by atoms with van der Waals surface area (Å²) < 4.78 is 43.3. The van der Waals surface area contributed by atoms with Gasteiger partial charge in [0.1, 0.15) is 46.0 Å². The minimum absolute atomic E-state index is 0.0508. The molecule has 4 rings (SSSR count). The van der Waals surface area contributed by atoms with E-state index in [1.54, 1.807) is 12.1 Å². The van der Waals surface area contributed by atoms with Crippen molar-refractivity contribution in [1.29, 1.82) is 0 Å². The number of ether oxygens (including phenoxy) is 8. The standard InChI is InChI=1S/C36H34O12/c1-41-21-9-19(10-22(13-21)42-2)33(37)35(39)27-17-29(45-5)25(15-31(27)47-7)26-16-32(48-8)28(18-30(26)46-6)36(40)34(38)20-11-23(43-3)14-24(12-20)44-4/h9-18H,1-8H3. The number of hydrogen-bond acceptors (Lipinski definition) is 12. The summed E-state index contributed by atoms with van der Waals surface area (Å²) in [7, 11) is 11.2. The van der Waals surface area contributed by atoms with Crippen LogP contribution in [0.1, 0.15) is 41.4 Å². The third-order valence-electron chi connectivity index (χ3n) is 7.46. The van der Waals surface area contributed by atoms with Crippen LogP contribution >= 0.6 is 0 Å². The van der Waals surface area contributed by atoms with Gasteiger partial charge in [-0.1, -0.05) is 0 Å². The zero-order chi connectivity index (χ0) is 35.1. The van der Waals surface area contributed by atoms with Gasteiger partial charge in [-0.15, -0.1) is 0 Å². The average Bonchev–Trinajstić information content (AvgIpc) is 3.14. The highest BCUT2D eigenvalue weighted by atomic mass is 16.5. The number of ketones is 4. The lowest BCUT2D eigenvalue weighted by molar-refractivity contribution is 0.0814. The average molecular weight is 659 g/mol. The third-order valence-corrected chi connectivity index (χ3v) is 7.46. The van der Waals surface area contributed by atoms with Crippen molar-refractivity contribution in [3.05, 3.63) is 82.9 Å². The van der Waals surface area contributed by atoms with Crippen LogP contribution in [0.15, 0.2) is 60.7 Å². The SMILES string of the molecule is COc1cc(OC)cc(C(=O)C(=O)c2cc(OC)c(-c3cc(OC)c(C(=O)C(=O)c4cc(OC)cc(OC)c4)cc3OC)cc2OC)c1. The summed E-state index contributed by atoms with van der Waals surface area (Å²) in [6.07, 6.45) is 0. The van der Waals surface area contributed by atoms with Crippen LogP contribution in [0, 0.1) is 0 Å². The molecule has 0 N–H and O–H groups in total. The van der Waals surface area contributed by atoms with Crippen LogP contribution in [0.3, 0.4) is 0 Å². The number of carbonyl (C=O) groups excluding carboxylic acids is 4. The van der Waals surface area contributed by atoms with Crippen molar-refractivity contribution >= 4 is 23.1 Å². The molecule has 4 aromatic rings. The van der Waals surface area contributed by atoms with Crippen molar-refractivity contribution in [3.63, 3.8) is 0 Å². The largest absolute Gasteiger partial charge is 0.497 e. The molecule has 0 aliphatic rings. The molecule has 12 heteroatoms. The van der Waals surface area contributed by atoms with Crippen LogP contribution in [-0.2, 0) is 0 Å². The summed E-state index contributed by atoms with van der Waals surface area (Å²) >= 11 is 0. The molecule has 0 spiro atoms. The fraction of sp³-hybridized carbons (Fsp3) is 0.222. The first kappa shape index (κ1) is 34.8. The van der Waals surface area contributed by atoms with Gasteiger partial charge >= 0.3 is 0 Å². The Bertz CT molecular complexity index is 1710. The Labute approximate surface area is 277 Å². The second-order valence-electron chi connectivity index (χ2n) is 10.0. The van der Waals surface area contributed by atoms with Crippen LogP contribution < -0.4 is 37.9 Å². The van der Waals surface area contributed by atoms with Crippen LogP contribution in [-0.4, -0.2) is 80.0 Å². The molecule has 0 bridgehead atoms. The number of Topliss-reactive ketones (excluding diaryl/α,β-unsaturated/α-hetero) is 4. The van der Waals surface area contributed by atoms with Crippen molar-refractivity contribution in [1.82, 2.24) is 0 Å². The molecular formula is C36H34O12. The van der Waals surface area contributed by atoms with Crippen molar-refractivity contribution in [2.75, 3.05) is 56.9 Å². The van der Waals surface area contributed by atoms with Gasteiger partial charge in [-0.05, 0) is 48.5 Å². The maximum atomic E-state index is 13.5. The first-order chi connectivity index (χ1) is 23.1. The van der Waals surface area contributed by atoms with Crippen LogP contribution in [0.2, 0.25) is 0 Å². The molecule has 0 atom stereocenters. The van der Waals surface area contributed by atoms with Crippen molar-refractivity contribution in [3.8, 4) is 57.1 Å². The highest BCUT2D eigenvalue weighted by Gasteiger charge is 2.29. The van der Waals surface area contributed by atoms with E-state index in [1.165, 1.54) is 105 Å². The second-order valence-corrected chi connectivity index (χ2v) is 10.0. The summed E-state index contributed by atoms with van der Waals surface area (Å²) in [6.45, 7) is 0. The van der Waals surface area contributed by atoms with Gasteiger partial charge in [-0.2, -0.15) is 0 Å². The summed E-state index contributed by atoms with van der Waals surface area (Å²) in [5, 5.41) is 0. The Balaban J connectivity index is 1.80. The van der Waals surface area contributed by atoms with E-state index in [2.05, 4.69) is 0 Å². The molecule has 0 unspecified atom stereocenters. The molecule has 12 nitrogen and oxygen atoms in total. The maximum Gasteiger partial charge on any atom is 0.237 e. The summed E-state index contributed by atoms with van der Waals surface area (Å²) in [5.74, 6) is -1.61. The van der Waals surface area contributed by atoms with Gasteiger partial charge in [0.2, 0.25) is 23.1 Å². The summed E-state index contributed by atoms with van der Waals surface area (Å²) in [4.78, 5) is 53.8. The lowest BCUT2D eigenvalue weighted by Crippen LogP contribution is -2.16. The number of benzene rings is 4. The summed E-state index contributed by atoms with van der Waals surface area (Å²) in [6, 6.07) is 14.6. The molecule has 0 aliphatic heterocycles. The smallest absolute Gasteiger partial charge is 0.237 e. The second kappa shape index (κ2) is 15.0. The minimum Gasteiger partial charge on any atom is -0.497 e. The number of rotatable bonds is 15. The molecule has 250 valence electrons. The highest BCUT2D eigenvalue weighted by molar-refractivity contribution is 6.50. The Kier molecular flexibility index (Phi) is 10.9. The fourth-order valence-corrected chi connectivity index (χ4v) is 4.96. The predicted molar refractivity (Wildman–Crippen MR) is 174 cm³/mol. The molecule has 0 fully saturated rings. The van der Waals surface area contributed by atoms with E-state index in [0.717, 1.165) is 0 Å². The first-order valence-corrected chi connectivity index (χ1v) is 14.2. The minimum atomic E-state index is -0.870. The van der Waals surface area contributed by atoms with E-state index >= 15 is 0 Å². The molecule has 0 aliphatic carbocycles. The third kappa shape index (κ3) is 6.87. The van der Waals surface area contributed by atoms with Gasteiger partial charge in [0.25, 0.3) is 0 Å². The van der Waals surface area contributed by atoms with E-state index in [4.69, 9.17) is 37.9 Å². The molecular weight excluding hydrogens is 624 g/mol.